The van der Waals surface area contributed by atoms with Crippen LogP contribution in [0.3, 0.4) is 0 Å². The first kappa shape index (κ1) is 15.2. The van der Waals surface area contributed by atoms with Crippen LogP contribution in [0.25, 0.3) is 0 Å². The average Bonchev–Trinajstić information content (AvgIpc) is 2.50. The number of rotatable bonds is 4. The first-order valence-corrected chi connectivity index (χ1v) is 6.21. The molecule has 0 spiro atoms. The van der Waals surface area contributed by atoms with Crippen molar-refractivity contribution in [1.82, 2.24) is 9.13 Å². The third-order valence-corrected chi connectivity index (χ3v) is 3.00. The molecule has 1 aromatic carbocycles. The Bertz CT molecular complexity index is 865. The van der Waals surface area contributed by atoms with Gasteiger partial charge in [0.25, 0.3) is 11.2 Å². The number of nitro groups is 1. The van der Waals surface area contributed by atoms with Crippen molar-refractivity contribution in [3.05, 3.63) is 66.8 Å². The van der Waals surface area contributed by atoms with Gasteiger partial charge in [-0.2, -0.15) is 5.10 Å². The molecule has 2 rings (SSSR count). The van der Waals surface area contributed by atoms with Gasteiger partial charge in [-0.05, 0) is 0 Å². The van der Waals surface area contributed by atoms with Gasteiger partial charge in [-0.25, -0.2) is 4.79 Å². The first-order chi connectivity index (χ1) is 10.4. The molecule has 0 unspecified atom stereocenters. The van der Waals surface area contributed by atoms with E-state index in [1.165, 1.54) is 49.1 Å². The van der Waals surface area contributed by atoms with Gasteiger partial charge < -0.3 is 0 Å². The molecule has 0 saturated carbocycles. The van der Waals surface area contributed by atoms with Crippen molar-refractivity contribution >= 4 is 17.7 Å². The molecule has 1 heterocycles. The molecule has 22 heavy (non-hydrogen) atoms. The lowest BCUT2D eigenvalue weighted by Gasteiger charge is -2.07. The van der Waals surface area contributed by atoms with E-state index in [1.807, 2.05) is 0 Å². The van der Waals surface area contributed by atoms with E-state index in [1.54, 1.807) is 6.07 Å². The van der Waals surface area contributed by atoms with Crippen molar-refractivity contribution in [2.45, 2.75) is 0 Å². The van der Waals surface area contributed by atoms with Crippen LogP contribution in [0.5, 0.6) is 0 Å². The van der Waals surface area contributed by atoms with Crippen molar-refractivity contribution in [2.24, 2.45) is 19.2 Å². The molecule has 0 aliphatic carbocycles. The van der Waals surface area contributed by atoms with Gasteiger partial charge in [0.15, 0.2) is 0 Å². The normalized spacial score (nSPS) is 10.8. The quantitative estimate of drug-likeness (QED) is 0.500. The molecule has 0 radical (unpaired) electrons. The molecule has 0 atom stereocenters. The van der Waals surface area contributed by atoms with Crippen molar-refractivity contribution in [1.29, 1.82) is 0 Å². The SMILES string of the molecule is Cn1c(N/N=C/c2cccc([N+](=O)[O-])c2)cc(=O)n(C)c1=O. The standard InChI is InChI=1S/C13H13N5O4/c1-16-11(7-12(19)17(2)13(16)20)15-14-8-9-4-3-5-10(6-9)18(21)22/h3-8,15H,1-2H3/b14-8+. The minimum Gasteiger partial charge on any atom is -0.281 e. The molecule has 0 bridgehead atoms. The summed E-state index contributed by atoms with van der Waals surface area (Å²) in [7, 11) is 2.87. The van der Waals surface area contributed by atoms with Gasteiger partial charge in [-0.3, -0.25) is 29.5 Å². The Hall–Kier alpha value is -3.23. The second-order valence-corrected chi connectivity index (χ2v) is 4.49. The maximum atomic E-state index is 11.7. The van der Waals surface area contributed by atoms with Crippen LogP contribution in [-0.4, -0.2) is 20.3 Å². The van der Waals surface area contributed by atoms with Gasteiger partial charge in [0, 0.05) is 37.9 Å². The minimum atomic E-state index is -0.505. The van der Waals surface area contributed by atoms with Gasteiger partial charge in [-0.1, -0.05) is 12.1 Å². The summed E-state index contributed by atoms with van der Waals surface area (Å²) in [4.78, 5) is 33.4. The van der Waals surface area contributed by atoms with Crippen molar-refractivity contribution in [3.8, 4) is 0 Å². The molecular formula is C13H13N5O4. The van der Waals surface area contributed by atoms with Crippen molar-refractivity contribution in [2.75, 3.05) is 5.43 Å². The predicted molar refractivity (Wildman–Crippen MR) is 81.2 cm³/mol. The Labute approximate surface area is 124 Å². The number of nitro benzene ring substituents is 1. The zero-order valence-corrected chi connectivity index (χ0v) is 11.9. The summed E-state index contributed by atoms with van der Waals surface area (Å²) in [6, 6.07) is 7.13. The summed E-state index contributed by atoms with van der Waals surface area (Å²) in [6.45, 7) is 0. The average molecular weight is 303 g/mol. The number of aromatic nitrogens is 2. The predicted octanol–water partition coefficient (Wildman–Crippen LogP) is 0.438. The molecule has 0 amide bonds. The van der Waals surface area contributed by atoms with Crippen LogP contribution < -0.4 is 16.7 Å². The number of hydrogen-bond donors (Lipinski definition) is 1. The molecule has 0 aliphatic rings. The van der Waals surface area contributed by atoms with Crippen molar-refractivity contribution < 1.29 is 4.92 Å². The summed E-state index contributed by atoms with van der Waals surface area (Å²) in [5.41, 5.74) is 2.08. The highest BCUT2D eigenvalue weighted by atomic mass is 16.6. The van der Waals surface area contributed by atoms with Gasteiger partial charge in [0.1, 0.15) is 5.82 Å². The van der Waals surface area contributed by atoms with Crippen LogP contribution in [0.1, 0.15) is 5.56 Å². The summed E-state index contributed by atoms with van der Waals surface area (Å²) < 4.78 is 2.20. The van der Waals surface area contributed by atoms with E-state index in [0.29, 0.717) is 5.56 Å². The van der Waals surface area contributed by atoms with Crippen LogP contribution in [0, 0.1) is 10.1 Å². The largest absolute Gasteiger partial charge is 0.332 e. The number of non-ortho nitro benzene ring substituents is 1. The number of benzene rings is 1. The number of nitrogens with one attached hydrogen (secondary N) is 1. The van der Waals surface area contributed by atoms with Gasteiger partial charge in [-0.15, -0.1) is 0 Å². The number of nitrogens with zero attached hydrogens (tertiary/aromatic N) is 4. The van der Waals surface area contributed by atoms with E-state index < -0.39 is 16.2 Å². The van der Waals surface area contributed by atoms with Gasteiger partial charge in [0.05, 0.1) is 11.1 Å². The van der Waals surface area contributed by atoms with E-state index in [4.69, 9.17) is 0 Å². The second-order valence-electron chi connectivity index (χ2n) is 4.49. The van der Waals surface area contributed by atoms with Crippen LogP contribution >= 0.6 is 0 Å². The lowest BCUT2D eigenvalue weighted by Crippen LogP contribution is -2.37. The molecule has 0 aliphatic heterocycles. The molecule has 2 aromatic rings. The fraction of sp³-hybridized carbons (Fsp3) is 0.154. The number of hydrazone groups is 1. The molecule has 1 N–H and O–H groups in total. The van der Waals surface area contributed by atoms with Gasteiger partial charge >= 0.3 is 5.69 Å². The maximum Gasteiger partial charge on any atom is 0.332 e. The van der Waals surface area contributed by atoms with Crippen molar-refractivity contribution in [3.63, 3.8) is 0 Å². The van der Waals surface area contributed by atoms with E-state index in [2.05, 4.69) is 10.5 Å². The highest BCUT2D eigenvalue weighted by Crippen LogP contribution is 2.11. The van der Waals surface area contributed by atoms with E-state index >= 15 is 0 Å². The molecule has 114 valence electrons. The fourth-order valence-corrected chi connectivity index (χ4v) is 1.73. The van der Waals surface area contributed by atoms with E-state index in [0.717, 1.165) is 4.57 Å². The highest BCUT2D eigenvalue weighted by molar-refractivity contribution is 5.81. The molecule has 1 aromatic heterocycles. The second kappa shape index (κ2) is 6.04. The zero-order valence-electron chi connectivity index (χ0n) is 11.9. The molecule has 9 nitrogen and oxygen atoms in total. The summed E-state index contributed by atoms with van der Waals surface area (Å²) in [5, 5.41) is 14.5. The summed E-state index contributed by atoms with van der Waals surface area (Å²) >= 11 is 0. The lowest BCUT2D eigenvalue weighted by molar-refractivity contribution is -0.384. The Morgan fingerprint density at radius 2 is 1.95 bits per heavy atom. The third-order valence-electron chi connectivity index (χ3n) is 3.00. The maximum absolute atomic E-state index is 11.7. The summed E-state index contributed by atoms with van der Waals surface area (Å²) in [5.74, 6) is 0.217. The number of anilines is 1. The highest BCUT2D eigenvalue weighted by Gasteiger charge is 2.05. The Morgan fingerprint density at radius 1 is 1.23 bits per heavy atom. The van der Waals surface area contributed by atoms with Crippen LogP contribution in [-0.2, 0) is 14.1 Å². The smallest absolute Gasteiger partial charge is 0.281 e. The molecular weight excluding hydrogens is 290 g/mol. The summed E-state index contributed by atoms with van der Waals surface area (Å²) in [6.07, 6.45) is 1.36. The van der Waals surface area contributed by atoms with E-state index in [9.17, 15) is 19.7 Å². The van der Waals surface area contributed by atoms with Crippen LogP contribution in [0.15, 0.2) is 45.0 Å². The van der Waals surface area contributed by atoms with Crippen LogP contribution in [0.2, 0.25) is 0 Å². The van der Waals surface area contributed by atoms with E-state index in [-0.39, 0.29) is 11.5 Å². The lowest BCUT2D eigenvalue weighted by atomic mass is 10.2. The fourth-order valence-electron chi connectivity index (χ4n) is 1.73. The zero-order chi connectivity index (χ0) is 16.3. The Morgan fingerprint density at radius 3 is 2.64 bits per heavy atom. The van der Waals surface area contributed by atoms with Gasteiger partial charge in [0.2, 0.25) is 0 Å². The third kappa shape index (κ3) is 3.08. The first-order valence-electron chi connectivity index (χ1n) is 6.21. The molecule has 0 fully saturated rings. The molecule has 0 saturated heterocycles. The monoisotopic (exact) mass is 303 g/mol. The topological polar surface area (TPSA) is 112 Å². The minimum absolute atomic E-state index is 0.0510. The molecule has 9 heteroatoms. The Kier molecular flexibility index (Phi) is 4.16. The Balaban J connectivity index is 2.24. The van der Waals surface area contributed by atoms with Crippen LogP contribution in [0.4, 0.5) is 11.5 Å². The number of hydrogen-bond acceptors (Lipinski definition) is 6.